The molecule has 0 rings (SSSR count). The van der Waals surface area contributed by atoms with E-state index in [1.54, 1.807) is 0 Å². The number of ether oxygens (including phenoxy) is 10. The molecule has 14 nitrogen and oxygen atoms in total. The molecule has 0 heterocycles. The van der Waals surface area contributed by atoms with Crippen molar-refractivity contribution in [2.75, 3.05) is 143 Å². The molecule has 0 bridgehead atoms. The summed E-state index contributed by atoms with van der Waals surface area (Å²) in [7, 11) is 0. The van der Waals surface area contributed by atoms with Crippen molar-refractivity contribution in [3.8, 4) is 0 Å². The van der Waals surface area contributed by atoms with Crippen LogP contribution in [0.4, 0.5) is 0 Å². The Kier molecular flexibility index (Phi) is 32.8. The molecule has 0 aromatic heterocycles. The van der Waals surface area contributed by atoms with E-state index in [9.17, 15) is 9.59 Å². The molecule has 2 N–H and O–H groups in total. The fourth-order valence-corrected chi connectivity index (χ4v) is 2.77. The van der Waals surface area contributed by atoms with Gasteiger partial charge in [-0.15, -0.1) is 0 Å². The van der Waals surface area contributed by atoms with Crippen molar-refractivity contribution in [3.05, 3.63) is 0 Å². The Balaban J connectivity index is 3.08. The molecular formula is C24H46INO13. The van der Waals surface area contributed by atoms with Crippen molar-refractivity contribution in [2.45, 2.75) is 0 Å². The van der Waals surface area contributed by atoms with Crippen LogP contribution in [0.25, 0.3) is 0 Å². The molecule has 0 aliphatic heterocycles. The van der Waals surface area contributed by atoms with Gasteiger partial charge in [0.15, 0.2) is 0 Å². The highest BCUT2D eigenvalue weighted by molar-refractivity contribution is 14.1. The maximum Gasteiger partial charge on any atom is 0.329 e. The minimum atomic E-state index is -1.12. The van der Waals surface area contributed by atoms with E-state index in [2.05, 4.69) is 32.6 Å². The number of carbonyl (C=O) groups excluding carboxylic acids is 1. The first kappa shape index (κ1) is 38.3. The fourth-order valence-electron chi connectivity index (χ4n) is 2.46. The van der Waals surface area contributed by atoms with Crippen molar-refractivity contribution in [3.63, 3.8) is 0 Å². The Bertz CT molecular complexity index is 534. The lowest BCUT2D eigenvalue weighted by Gasteiger charge is -2.09. The lowest BCUT2D eigenvalue weighted by atomic mass is 10.6. The normalized spacial score (nSPS) is 11.2. The van der Waals surface area contributed by atoms with Crippen LogP contribution in [0.2, 0.25) is 0 Å². The molecule has 0 spiro atoms. The van der Waals surface area contributed by atoms with Crippen LogP contribution in [0, 0.1) is 0 Å². The summed E-state index contributed by atoms with van der Waals surface area (Å²) < 4.78 is 54.1. The third-order valence-corrected chi connectivity index (χ3v) is 4.67. The number of nitrogens with one attached hydrogen (secondary N) is 1. The molecule has 232 valence electrons. The van der Waals surface area contributed by atoms with E-state index < -0.39 is 18.5 Å². The summed E-state index contributed by atoms with van der Waals surface area (Å²) in [5, 5.41) is 10.9. The van der Waals surface area contributed by atoms with Gasteiger partial charge in [-0.3, -0.25) is 4.79 Å². The van der Waals surface area contributed by atoms with E-state index in [0.717, 1.165) is 11.0 Å². The van der Waals surface area contributed by atoms with Crippen LogP contribution >= 0.6 is 22.6 Å². The fraction of sp³-hybridized carbons (Fsp3) is 0.917. The Morgan fingerprint density at radius 3 is 1.08 bits per heavy atom. The molecule has 0 atom stereocenters. The number of halogens is 1. The largest absolute Gasteiger partial charge is 0.480 e. The lowest BCUT2D eigenvalue weighted by Crippen LogP contribution is -2.31. The average Bonchev–Trinajstić information content (AvgIpc) is 2.92. The molecule has 0 radical (unpaired) electrons. The van der Waals surface area contributed by atoms with Crippen LogP contribution in [0.5, 0.6) is 0 Å². The number of hydrogen-bond donors (Lipinski definition) is 2. The second-order valence-corrected chi connectivity index (χ2v) is 8.52. The Morgan fingerprint density at radius 2 is 0.769 bits per heavy atom. The number of carbonyl (C=O) groups is 2. The monoisotopic (exact) mass is 683 g/mol. The summed E-state index contributed by atoms with van der Waals surface area (Å²) in [5.74, 6) is -1.51. The van der Waals surface area contributed by atoms with Crippen LogP contribution in [0.3, 0.4) is 0 Å². The van der Waals surface area contributed by atoms with Crippen LogP contribution in [-0.4, -0.2) is 160 Å². The van der Waals surface area contributed by atoms with Crippen molar-refractivity contribution in [2.24, 2.45) is 0 Å². The number of rotatable bonds is 33. The number of carboxylic acids is 1. The average molecular weight is 684 g/mol. The van der Waals surface area contributed by atoms with Crippen LogP contribution < -0.4 is 5.32 Å². The molecule has 0 aliphatic rings. The zero-order valence-corrected chi connectivity index (χ0v) is 24.9. The number of carboxylic acid groups (broad SMARTS) is 1. The molecule has 0 fully saturated rings. The molecular weight excluding hydrogens is 637 g/mol. The summed E-state index contributed by atoms with van der Waals surface area (Å²) in [6, 6.07) is 0. The molecule has 0 saturated heterocycles. The Morgan fingerprint density at radius 1 is 0.462 bits per heavy atom. The Labute approximate surface area is 244 Å². The summed E-state index contributed by atoms with van der Waals surface area (Å²) in [4.78, 5) is 21.6. The third-order valence-electron chi connectivity index (χ3n) is 4.22. The highest BCUT2D eigenvalue weighted by Gasteiger charge is 2.03. The minimum absolute atomic E-state index is 0.297. The highest BCUT2D eigenvalue weighted by atomic mass is 127. The van der Waals surface area contributed by atoms with Gasteiger partial charge in [-0.05, 0) is 0 Å². The molecule has 0 saturated carbocycles. The predicted octanol–water partition coefficient (Wildman–Crippen LogP) is -0.212. The van der Waals surface area contributed by atoms with E-state index in [0.29, 0.717) is 119 Å². The summed E-state index contributed by atoms with van der Waals surface area (Å²) in [6.07, 6.45) is 0. The summed E-state index contributed by atoms with van der Waals surface area (Å²) >= 11 is 2.27. The smallest absolute Gasteiger partial charge is 0.329 e. The quantitative estimate of drug-likeness (QED) is 0.0533. The first-order valence-electron chi connectivity index (χ1n) is 13.0. The first-order chi connectivity index (χ1) is 19.2. The van der Waals surface area contributed by atoms with E-state index >= 15 is 0 Å². The molecule has 0 aliphatic carbocycles. The van der Waals surface area contributed by atoms with Gasteiger partial charge in [0.1, 0.15) is 13.2 Å². The molecule has 15 heteroatoms. The van der Waals surface area contributed by atoms with Crippen molar-refractivity contribution >= 4 is 34.5 Å². The minimum Gasteiger partial charge on any atom is -0.480 e. The standard InChI is InChI=1S/C24H46INO13/c25-1-3-30-5-7-32-9-11-34-13-15-36-17-19-38-20-18-37-16-14-35-12-10-33-8-6-31-4-2-26-23(27)21-39-22-24(28)29/h1-22H2,(H,26,27)(H,28,29). The van der Waals surface area contributed by atoms with E-state index in [-0.39, 0.29) is 6.61 Å². The summed E-state index contributed by atoms with van der Waals surface area (Å²) in [5.41, 5.74) is 0. The zero-order chi connectivity index (χ0) is 28.5. The molecule has 0 aromatic rings. The van der Waals surface area contributed by atoms with Gasteiger partial charge >= 0.3 is 5.97 Å². The van der Waals surface area contributed by atoms with Gasteiger partial charge in [0.2, 0.25) is 5.91 Å². The molecule has 0 unspecified atom stereocenters. The van der Waals surface area contributed by atoms with Crippen LogP contribution in [-0.2, 0) is 57.0 Å². The maximum absolute atomic E-state index is 11.3. The first-order valence-corrected chi connectivity index (χ1v) is 14.5. The van der Waals surface area contributed by atoms with Gasteiger partial charge in [-0.2, -0.15) is 0 Å². The van der Waals surface area contributed by atoms with Gasteiger partial charge in [0.25, 0.3) is 0 Å². The van der Waals surface area contributed by atoms with Gasteiger partial charge in [-0.25, -0.2) is 4.79 Å². The van der Waals surface area contributed by atoms with Crippen molar-refractivity contribution < 1.29 is 62.1 Å². The second kappa shape index (κ2) is 33.5. The molecule has 1 amide bonds. The van der Waals surface area contributed by atoms with E-state index in [1.807, 2.05) is 0 Å². The highest BCUT2D eigenvalue weighted by Crippen LogP contribution is 1.87. The van der Waals surface area contributed by atoms with Crippen molar-refractivity contribution in [1.29, 1.82) is 0 Å². The van der Waals surface area contributed by atoms with Gasteiger partial charge in [-0.1, -0.05) is 22.6 Å². The predicted molar refractivity (Wildman–Crippen MR) is 148 cm³/mol. The zero-order valence-electron chi connectivity index (χ0n) is 22.8. The van der Waals surface area contributed by atoms with Crippen LogP contribution in [0.1, 0.15) is 0 Å². The van der Waals surface area contributed by atoms with Gasteiger partial charge < -0.3 is 57.8 Å². The molecule has 39 heavy (non-hydrogen) atoms. The second-order valence-electron chi connectivity index (χ2n) is 7.44. The SMILES string of the molecule is O=C(O)COCC(=O)NCCOCCOCCOCCOCCOCCOCCOCCOCCOCCI. The molecule has 0 aromatic carbocycles. The lowest BCUT2D eigenvalue weighted by molar-refractivity contribution is -0.143. The number of amides is 1. The van der Waals surface area contributed by atoms with Crippen LogP contribution in [0.15, 0.2) is 0 Å². The van der Waals surface area contributed by atoms with Gasteiger partial charge in [0.05, 0.1) is 119 Å². The Hall–Kier alpha value is -0.730. The number of aliphatic carboxylic acids is 1. The maximum atomic E-state index is 11.3. The van der Waals surface area contributed by atoms with E-state index in [4.69, 9.17) is 47.7 Å². The number of hydrogen-bond acceptors (Lipinski definition) is 12. The topological polar surface area (TPSA) is 159 Å². The third kappa shape index (κ3) is 35.2. The van der Waals surface area contributed by atoms with Crippen molar-refractivity contribution in [1.82, 2.24) is 5.32 Å². The summed E-state index contributed by atoms with van der Waals surface area (Å²) in [6.45, 7) is 8.52. The van der Waals surface area contributed by atoms with E-state index in [1.165, 1.54) is 0 Å². The van der Waals surface area contributed by atoms with Gasteiger partial charge in [0, 0.05) is 11.0 Å². The number of alkyl halides is 1.